The molecule has 1 amide bonds. The van der Waals surface area contributed by atoms with Crippen LogP contribution in [0.25, 0.3) is 0 Å². The van der Waals surface area contributed by atoms with Crippen molar-refractivity contribution in [2.75, 3.05) is 5.32 Å². The molecule has 1 aromatic carbocycles. The molecule has 2 aromatic rings. The van der Waals surface area contributed by atoms with Crippen LogP contribution in [0.4, 0.5) is 18.9 Å². The van der Waals surface area contributed by atoms with Crippen molar-refractivity contribution < 1.29 is 18.0 Å². The Hall–Kier alpha value is -2.41. The lowest BCUT2D eigenvalue weighted by molar-refractivity contribution is -0.134. The second kappa shape index (κ2) is 7.45. The number of nitrogens with two attached hydrogens (primary N) is 1. The highest BCUT2D eigenvalue weighted by atomic mass is 19.4. The summed E-state index contributed by atoms with van der Waals surface area (Å²) < 4.78 is 37.5. The number of nitrogens with zero attached hydrogens (tertiary/aromatic N) is 1. The Morgan fingerprint density at radius 2 is 2.08 bits per heavy atom. The normalized spacial score (nSPS) is 16.8. The molecule has 4 nitrogen and oxygen atoms in total. The van der Waals surface area contributed by atoms with E-state index in [-0.39, 0.29) is 18.0 Å². The Kier molecular flexibility index (Phi) is 5.27. The summed E-state index contributed by atoms with van der Waals surface area (Å²) >= 11 is 0. The van der Waals surface area contributed by atoms with Crippen molar-refractivity contribution in [1.82, 2.24) is 4.98 Å². The highest BCUT2D eigenvalue weighted by molar-refractivity contribution is 6.05. The maximum absolute atomic E-state index is 12.5. The lowest BCUT2D eigenvalue weighted by atomic mass is 9.92. The molecule has 0 bridgehead atoms. The third-order valence-corrected chi connectivity index (χ3v) is 4.49. The van der Waals surface area contributed by atoms with E-state index in [1.807, 2.05) is 6.07 Å². The molecule has 1 aromatic heterocycles. The third-order valence-electron chi connectivity index (χ3n) is 4.49. The van der Waals surface area contributed by atoms with Gasteiger partial charge in [0.2, 0.25) is 0 Å². The van der Waals surface area contributed by atoms with Gasteiger partial charge < -0.3 is 11.1 Å². The average molecular weight is 363 g/mol. The molecule has 1 heterocycles. The fourth-order valence-electron chi connectivity index (χ4n) is 3.15. The minimum Gasteiger partial charge on any atom is -0.327 e. The van der Waals surface area contributed by atoms with E-state index in [0.29, 0.717) is 17.7 Å². The van der Waals surface area contributed by atoms with Crippen LogP contribution in [-0.4, -0.2) is 23.1 Å². The highest BCUT2D eigenvalue weighted by Crippen LogP contribution is 2.25. The van der Waals surface area contributed by atoms with Crippen LogP contribution in [0.3, 0.4) is 0 Å². The summed E-state index contributed by atoms with van der Waals surface area (Å²) in [5.41, 5.74) is 9.10. The van der Waals surface area contributed by atoms with Crippen LogP contribution in [0.15, 0.2) is 36.5 Å². The minimum atomic E-state index is -4.26. The zero-order valence-electron chi connectivity index (χ0n) is 14.1. The number of halogens is 3. The van der Waals surface area contributed by atoms with Crippen LogP contribution in [-0.2, 0) is 19.3 Å². The van der Waals surface area contributed by atoms with Gasteiger partial charge in [-0.3, -0.25) is 9.78 Å². The summed E-state index contributed by atoms with van der Waals surface area (Å²) in [4.78, 5) is 16.9. The molecule has 0 spiro atoms. The summed E-state index contributed by atoms with van der Waals surface area (Å²) in [6, 6.07) is 8.27. The smallest absolute Gasteiger partial charge is 0.327 e. The Labute approximate surface area is 149 Å². The van der Waals surface area contributed by atoms with Gasteiger partial charge in [0.1, 0.15) is 0 Å². The molecule has 0 fully saturated rings. The maximum Gasteiger partial charge on any atom is 0.389 e. The number of amides is 1. The lowest BCUT2D eigenvalue weighted by Crippen LogP contribution is -2.28. The van der Waals surface area contributed by atoms with E-state index in [1.54, 1.807) is 24.4 Å². The first-order valence-electron chi connectivity index (χ1n) is 8.51. The molecule has 138 valence electrons. The molecule has 0 aliphatic heterocycles. The summed E-state index contributed by atoms with van der Waals surface area (Å²) in [7, 11) is 0. The number of hydrogen-bond donors (Lipinski definition) is 2. The fourth-order valence-corrected chi connectivity index (χ4v) is 3.15. The quantitative estimate of drug-likeness (QED) is 0.871. The molecule has 1 aliphatic carbocycles. The maximum atomic E-state index is 12.5. The Balaban J connectivity index is 1.75. The second-order valence-corrected chi connectivity index (χ2v) is 6.56. The van der Waals surface area contributed by atoms with E-state index < -0.39 is 18.5 Å². The first kappa shape index (κ1) is 18.4. The van der Waals surface area contributed by atoms with Crippen molar-refractivity contribution >= 4 is 11.6 Å². The van der Waals surface area contributed by atoms with Crippen LogP contribution in [0.2, 0.25) is 0 Å². The molecule has 3 rings (SSSR count). The molecule has 0 radical (unpaired) electrons. The SMILES string of the molecule is NC1CCc2ncc(NC(=O)c3ccccc3CCC(F)(F)F)cc2C1. The standard InChI is InChI=1S/C19H20F3N3O/c20-19(21,22)8-7-12-3-1-2-4-16(12)18(26)25-15-10-13-9-14(23)5-6-17(13)24-11-15/h1-4,10-11,14H,5-9,23H2,(H,25,26). The van der Waals surface area contributed by atoms with Gasteiger partial charge in [-0.25, -0.2) is 0 Å². The zero-order valence-corrected chi connectivity index (χ0v) is 14.1. The van der Waals surface area contributed by atoms with Gasteiger partial charge in [-0.05, 0) is 48.9 Å². The number of nitrogens with one attached hydrogen (secondary N) is 1. The van der Waals surface area contributed by atoms with Crippen molar-refractivity contribution in [2.24, 2.45) is 5.73 Å². The number of rotatable bonds is 4. The molecule has 1 aliphatic rings. The van der Waals surface area contributed by atoms with E-state index in [1.165, 1.54) is 6.07 Å². The van der Waals surface area contributed by atoms with Crippen molar-refractivity contribution in [3.8, 4) is 0 Å². The molecule has 7 heteroatoms. The van der Waals surface area contributed by atoms with Crippen molar-refractivity contribution in [2.45, 2.75) is 44.3 Å². The highest BCUT2D eigenvalue weighted by Gasteiger charge is 2.27. The number of aryl methyl sites for hydroxylation is 2. The fraction of sp³-hybridized carbons (Fsp3) is 0.368. The van der Waals surface area contributed by atoms with Crippen molar-refractivity contribution in [3.05, 3.63) is 58.9 Å². The monoisotopic (exact) mass is 363 g/mol. The third kappa shape index (κ3) is 4.60. The van der Waals surface area contributed by atoms with E-state index >= 15 is 0 Å². The first-order chi connectivity index (χ1) is 12.3. The van der Waals surface area contributed by atoms with Crippen LogP contribution in [0.5, 0.6) is 0 Å². The number of aromatic nitrogens is 1. The molecular formula is C19H20F3N3O. The topological polar surface area (TPSA) is 68.0 Å². The van der Waals surface area contributed by atoms with Gasteiger partial charge in [0.15, 0.2) is 0 Å². The first-order valence-corrected chi connectivity index (χ1v) is 8.51. The van der Waals surface area contributed by atoms with Crippen LogP contribution in [0.1, 0.15) is 40.0 Å². The Morgan fingerprint density at radius 1 is 1.31 bits per heavy atom. The number of alkyl halides is 3. The van der Waals surface area contributed by atoms with Crippen LogP contribution >= 0.6 is 0 Å². The van der Waals surface area contributed by atoms with E-state index in [0.717, 1.165) is 24.1 Å². The summed E-state index contributed by atoms with van der Waals surface area (Å²) in [5, 5.41) is 2.74. The van der Waals surface area contributed by atoms with Gasteiger partial charge in [-0.15, -0.1) is 0 Å². The van der Waals surface area contributed by atoms with E-state index in [2.05, 4.69) is 10.3 Å². The molecule has 0 saturated heterocycles. The van der Waals surface area contributed by atoms with Gasteiger partial charge in [-0.1, -0.05) is 18.2 Å². The zero-order chi connectivity index (χ0) is 18.7. The van der Waals surface area contributed by atoms with Gasteiger partial charge in [-0.2, -0.15) is 13.2 Å². The van der Waals surface area contributed by atoms with Gasteiger partial charge >= 0.3 is 6.18 Å². The number of carbonyl (C=O) groups is 1. The number of hydrogen-bond acceptors (Lipinski definition) is 3. The second-order valence-electron chi connectivity index (χ2n) is 6.56. The van der Waals surface area contributed by atoms with E-state index in [9.17, 15) is 18.0 Å². The average Bonchev–Trinajstić information content (AvgIpc) is 2.59. The number of fused-ring (bicyclic) bond motifs is 1. The van der Waals surface area contributed by atoms with Crippen LogP contribution in [0, 0.1) is 0 Å². The molecule has 1 unspecified atom stereocenters. The van der Waals surface area contributed by atoms with Gasteiger partial charge in [0, 0.05) is 23.7 Å². The molecule has 0 saturated carbocycles. The minimum absolute atomic E-state index is 0.0818. The Bertz CT molecular complexity index is 805. The molecule has 26 heavy (non-hydrogen) atoms. The number of benzene rings is 1. The lowest BCUT2D eigenvalue weighted by Gasteiger charge is -2.21. The molecular weight excluding hydrogens is 343 g/mol. The van der Waals surface area contributed by atoms with E-state index in [4.69, 9.17) is 5.73 Å². The summed E-state index contributed by atoms with van der Waals surface area (Å²) in [5.74, 6) is -0.440. The predicted octanol–water partition coefficient (Wildman–Crippen LogP) is 3.64. The summed E-state index contributed by atoms with van der Waals surface area (Å²) in [6.45, 7) is 0. The predicted molar refractivity (Wildman–Crippen MR) is 93.0 cm³/mol. The Morgan fingerprint density at radius 3 is 2.85 bits per heavy atom. The van der Waals surface area contributed by atoms with Crippen LogP contribution < -0.4 is 11.1 Å². The van der Waals surface area contributed by atoms with Gasteiger partial charge in [0.25, 0.3) is 5.91 Å². The number of carbonyl (C=O) groups excluding carboxylic acids is 1. The van der Waals surface area contributed by atoms with Crippen molar-refractivity contribution in [3.63, 3.8) is 0 Å². The molecule has 3 N–H and O–H groups in total. The summed E-state index contributed by atoms with van der Waals surface area (Å²) in [6.07, 6.45) is -1.48. The number of anilines is 1. The number of pyridine rings is 1. The van der Waals surface area contributed by atoms with Crippen molar-refractivity contribution in [1.29, 1.82) is 0 Å². The van der Waals surface area contributed by atoms with Gasteiger partial charge in [0.05, 0.1) is 11.9 Å². The largest absolute Gasteiger partial charge is 0.389 e. The molecule has 1 atom stereocenters.